The smallest absolute Gasteiger partial charge is 0.433 e. The van der Waals surface area contributed by atoms with Crippen LogP contribution in [0.3, 0.4) is 0 Å². The zero-order valence-electron chi connectivity index (χ0n) is 17.9. The number of ether oxygens (including phenoxy) is 1. The molecule has 2 heterocycles. The van der Waals surface area contributed by atoms with Gasteiger partial charge in [-0.25, -0.2) is 9.97 Å². The van der Waals surface area contributed by atoms with Crippen molar-refractivity contribution in [3.05, 3.63) is 42.2 Å². The molecule has 0 unspecified atom stereocenters. The van der Waals surface area contributed by atoms with Crippen molar-refractivity contribution in [3.8, 4) is 5.75 Å². The normalized spacial score (nSPS) is 14.6. The van der Waals surface area contributed by atoms with Crippen LogP contribution in [0.2, 0.25) is 0 Å². The number of hydrogen-bond donors (Lipinski definition) is 2. The Kier molecular flexibility index (Phi) is 9.60. The summed E-state index contributed by atoms with van der Waals surface area (Å²) >= 11 is 0. The SMILES string of the molecule is CN=C(NCCNc1nccc(C(F)(F)F)n1)N1CCN(c2cccc(OC)c2)CC1.I. The van der Waals surface area contributed by atoms with E-state index in [1.807, 2.05) is 18.2 Å². The molecule has 1 aromatic carbocycles. The first kappa shape index (κ1) is 25.7. The first-order valence-electron chi connectivity index (χ1n) is 9.89. The molecule has 1 aliphatic rings. The summed E-state index contributed by atoms with van der Waals surface area (Å²) in [6, 6.07) is 8.82. The molecule has 1 fully saturated rings. The highest BCUT2D eigenvalue weighted by atomic mass is 127. The highest BCUT2D eigenvalue weighted by Crippen LogP contribution is 2.27. The molecule has 0 bridgehead atoms. The Bertz CT molecular complexity index is 889. The first-order chi connectivity index (χ1) is 14.9. The quantitative estimate of drug-likeness (QED) is 0.242. The van der Waals surface area contributed by atoms with Crippen molar-refractivity contribution in [1.82, 2.24) is 20.2 Å². The third kappa shape index (κ3) is 7.00. The molecule has 3 rings (SSSR count). The van der Waals surface area contributed by atoms with Crippen LogP contribution in [0.5, 0.6) is 5.75 Å². The van der Waals surface area contributed by atoms with E-state index in [4.69, 9.17) is 4.74 Å². The maximum atomic E-state index is 12.7. The molecule has 0 atom stereocenters. The Hall–Kier alpha value is -2.51. The maximum absolute atomic E-state index is 12.7. The van der Waals surface area contributed by atoms with Gasteiger partial charge in [0.2, 0.25) is 5.95 Å². The van der Waals surface area contributed by atoms with Crippen molar-refractivity contribution in [3.63, 3.8) is 0 Å². The van der Waals surface area contributed by atoms with Crippen LogP contribution in [0, 0.1) is 0 Å². The number of hydrogen-bond acceptors (Lipinski definition) is 6. The molecule has 8 nitrogen and oxygen atoms in total. The average Bonchev–Trinajstić information content (AvgIpc) is 2.79. The van der Waals surface area contributed by atoms with Crippen molar-refractivity contribution in [2.75, 3.05) is 63.6 Å². The van der Waals surface area contributed by atoms with Crippen LogP contribution < -0.4 is 20.3 Å². The number of benzene rings is 1. The van der Waals surface area contributed by atoms with Gasteiger partial charge >= 0.3 is 6.18 Å². The fraction of sp³-hybridized carbons (Fsp3) is 0.450. The van der Waals surface area contributed by atoms with Gasteiger partial charge in [-0.15, -0.1) is 24.0 Å². The van der Waals surface area contributed by atoms with Gasteiger partial charge in [0, 0.05) is 64.3 Å². The second-order valence-corrected chi connectivity index (χ2v) is 6.84. The van der Waals surface area contributed by atoms with Crippen LogP contribution in [0.15, 0.2) is 41.5 Å². The lowest BCUT2D eigenvalue weighted by atomic mass is 10.2. The number of methoxy groups -OCH3 is 1. The maximum Gasteiger partial charge on any atom is 0.433 e. The molecule has 1 saturated heterocycles. The largest absolute Gasteiger partial charge is 0.497 e. The molecular weight excluding hydrogens is 538 g/mol. The number of alkyl halides is 3. The Morgan fingerprint density at radius 3 is 2.56 bits per heavy atom. The molecule has 0 aliphatic carbocycles. The summed E-state index contributed by atoms with van der Waals surface area (Å²) in [4.78, 5) is 16.1. The number of aromatic nitrogens is 2. The van der Waals surface area contributed by atoms with Crippen LogP contribution in [0.25, 0.3) is 0 Å². The fourth-order valence-electron chi connectivity index (χ4n) is 3.27. The van der Waals surface area contributed by atoms with Crippen LogP contribution in [-0.2, 0) is 6.18 Å². The van der Waals surface area contributed by atoms with Gasteiger partial charge in [0.15, 0.2) is 5.96 Å². The van der Waals surface area contributed by atoms with Crippen LogP contribution in [0.1, 0.15) is 5.69 Å². The van der Waals surface area contributed by atoms with E-state index in [0.717, 1.165) is 55.8 Å². The summed E-state index contributed by atoms with van der Waals surface area (Å²) in [6.07, 6.45) is -3.40. The van der Waals surface area contributed by atoms with Crippen LogP contribution in [0.4, 0.5) is 24.8 Å². The monoisotopic (exact) mass is 565 g/mol. The third-order valence-electron chi connectivity index (χ3n) is 4.85. The number of aliphatic imine (C=N–C) groups is 1. The molecule has 1 aliphatic heterocycles. The molecule has 176 valence electrons. The minimum atomic E-state index is -4.49. The summed E-state index contributed by atoms with van der Waals surface area (Å²) in [5, 5.41) is 6.02. The minimum absolute atomic E-state index is 0. The van der Waals surface area contributed by atoms with Gasteiger partial charge in [0.1, 0.15) is 11.4 Å². The van der Waals surface area contributed by atoms with Gasteiger partial charge in [-0.2, -0.15) is 13.2 Å². The number of halogens is 4. The zero-order chi connectivity index (χ0) is 22.3. The molecule has 2 aromatic rings. The lowest BCUT2D eigenvalue weighted by Crippen LogP contribution is -2.53. The number of nitrogens with one attached hydrogen (secondary N) is 2. The first-order valence-corrected chi connectivity index (χ1v) is 9.89. The number of nitrogens with zero attached hydrogens (tertiary/aromatic N) is 5. The third-order valence-corrected chi connectivity index (χ3v) is 4.85. The van der Waals surface area contributed by atoms with E-state index in [2.05, 4.69) is 41.5 Å². The summed E-state index contributed by atoms with van der Waals surface area (Å²) < 4.78 is 43.5. The van der Waals surface area contributed by atoms with Gasteiger partial charge in [-0.05, 0) is 18.2 Å². The summed E-state index contributed by atoms with van der Waals surface area (Å²) in [6.45, 7) is 4.07. The highest BCUT2D eigenvalue weighted by molar-refractivity contribution is 14.0. The van der Waals surface area contributed by atoms with E-state index in [9.17, 15) is 13.2 Å². The second-order valence-electron chi connectivity index (χ2n) is 6.84. The Labute approximate surface area is 202 Å². The topological polar surface area (TPSA) is 77.9 Å². The van der Waals surface area contributed by atoms with Crippen molar-refractivity contribution in [1.29, 1.82) is 0 Å². The predicted octanol–water partition coefficient (Wildman–Crippen LogP) is 2.93. The van der Waals surface area contributed by atoms with Crippen molar-refractivity contribution >= 4 is 41.6 Å². The fourth-order valence-corrected chi connectivity index (χ4v) is 3.27. The van der Waals surface area contributed by atoms with Gasteiger partial charge in [0.25, 0.3) is 0 Å². The van der Waals surface area contributed by atoms with E-state index >= 15 is 0 Å². The number of rotatable bonds is 6. The predicted molar refractivity (Wildman–Crippen MR) is 129 cm³/mol. The van der Waals surface area contributed by atoms with Crippen LogP contribution in [-0.4, -0.2) is 74.3 Å². The van der Waals surface area contributed by atoms with Crippen molar-refractivity contribution < 1.29 is 17.9 Å². The molecule has 0 amide bonds. The Balaban J connectivity index is 0.00000363. The summed E-state index contributed by atoms with van der Waals surface area (Å²) in [5.74, 6) is 1.52. The van der Waals surface area contributed by atoms with E-state index < -0.39 is 11.9 Å². The van der Waals surface area contributed by atoms with E-state index in [-0.39, 0.29) is 29.9 Å². The molecular formula is C20H27F3IN7O. The lowest BCUT2D eigenvalue weighted by Gasteiger charge is -2.37. The molecule has 0 radical (unpaired) electrons. The summed E-state index contributed by atoms with van der Waals surface area (Å²) in [7, 11) is 3.36. The summed E-state index contributed by atoms with van der Waals surface area (Å²) in [5.41, 5.74) is 0.148. The molecule has 1 aromatic heterocycles. The number of guanidine groups is 1. The van der Waals surface area contributed by atoms with E-state index in [0.29, 0.717) is 13.1 Å². The molecule has 2 N–H and O–H groups in total. The Morgan fingerprint density at radius 2 is 1.91 bits per heavy atom. The highest BCUT2D eigenvalue weighted by Gasteiger charge is 2.32. The van der Waals surface area contributed by atoms with Gasteiger partial charge < -0.3 is 25.2 Å². The molecule has 0 spiro atoms. The molecule has 0 saturated carbocycles. The minimum Gasteiger partial charge on any atom is -0.497 e. The van der Waals surface area contributed by atoms with Gasteiger partial charge in [0.05, 0.1) is 7.11 Å². The van der Waals surface area contributed by atoms with E-state index in [1.54, 1.807) is 14.2 Å². The number of anilines is 2. The Morgan fingerprint density at radius 1 is 1.16 bits per heavy atom. The average molecular weight is 565 g/mol. The van der Waals surface area contributed by atoms with Crippen molar-refractivity contribution in [2.45, 2.75) is 6.18 Å². The zero-order valence-corrected chi connectivity index (χ0v) is 20.2. The van der Waals surface area contributed by atoms with Crippen molar-refractivity contribution in [2.24, 2.45) is 4.99 Å². The van der Waals surface area contributed by atoms with Crippen LogP contribution >= 0.6 is 24.0 Å². The molecule has 32 heavy (non-hydrogen) atoms. The van der Waals surface area contributed by atoms with Gasteiger partial charge in [-0.1, -0.05) is 6.07 Å². The standard InChI is InChI=1S/C20H26F3N7O.HI/c1-24-19(27-9-8-26-18-25-7-6-17(28-18)20(21,22)23)30-12-10-29(11-13-30)15-4-3-5-16(14-15)31-2;/h3-7,14H,8-13H2,1-2H3,(H,24,27)(H,25,26,28);1H. The van der Waals surface area contributed by atoms with Gasteiger partial charge in [-0.3, -0.25) is 4.99 Å². The second kappa shape index (κ2) is 11.9. The van der Waals surface area contributed by atoms with E-state index in [1.165, 1.54) is 0 Å². The molecule has 12 heteroatoms. The number of piperazine rings is 1. The lowest BCUT2D eigenvalue weighted by molar-refractivity contribution is -0.141.